The van der Waals surface area contributed by atoms with E-state index in [-0.39, 0.29) is 0 Å². The number of nitrogens with zero attached hydrogens (tertiary/aromatic N) is 4. The van der Waals surface area contributed by atoms with Gasteiger partial charge in [0.2, 0.25) is 0 Å². The Hall–Kier alpha value is -2.88. The van der Waals surface area contributed by atoms with E-state index in [1.807, 2.05) is 30.5 Å². The first-order chi connectivity index (χ1) is 9.92. The molecule has 0 atom stereocenters. The van der Waals surface area contributed by atoms with E-state index in [2.05, 4.69) is 26.1 Å². The largest absolute Gasteiger partial charge is 0.264 e. The Morgan fingerprint density at radius 2 is 1.70 bits per heavy atom. The number of hydrogen-bond donors (Lipinski definition) is 0. The Morgan fingerprint density at radius 1 is 0.850 bits per heavy atom. The molecular weight excluding hydrogens is 248 g/mol. The minimum Gasteiger partial charge on any atom is -0.264 e. The fourth-order valence-corrected chi connectivity index (χ4v) is 2.27. The van der Waals surface area contributed by atoms with Gasteiger partial charge in [0, 0.05) is 47.1 Å². The molecule has 0 aliphatic heterocycles. The van der Waals surface area contributed by atoms with Crippen LogP contribution in [0.15, 0.2) is 55.2 Å². The van der Waals surface area contributed by atoms with Crippen LogP contribution in [0.1, 0.15) is 0 Å². The highest BCUT2D eigenvalue weighted by atomic mass is 14.8. The third-order valence-corrected chi connectivity index (χ3v) is 3.25. The fraction of sp³-hybridized carbons (Fsp3) is 0. The molecule has 0 aliphatic carbocycles. The molecule has 0 amide bonds. The first kappa shape index (κ1) is 11.0. The molecular formula is C16H9N4. The van der Waals surface area contributed by atoms with Crippen LogP contribution < -0.4 is 0 Å². The van der Waals surface area contributed by atoms with Crippen LogP contribution in [-0.2, 0) is 0 Å². The minimum atomic E-state index is 0.806. The van der Waals surface area contributed by atoms with E-state index in [4.69, 9.17) is 0 Å². The lowest BCUT2D eigenvalue weighted by atomic mass is 10.1. The fourth-order valence-electron chi connectivity index (χ4n) is 2.27. The molecule has 4 nitrogen and oxygen atoms in total. The van der Waals surface area contributed by atoms with Crippen LogP contribution in [0.4, 0.5) is 0 Å². The average Bonchev–Trinajstić information content (AvgIpc) is 2.54. The number of aromatic nitrogens is 4. The summed E-state index contributed by atoms with van der Waals surface area (Å²) in [5.74, 6) is 0. The molecule has 4 rings (SSSR count). The maximum absolute atomic E-state index is 4.46. The van der Waals surface area contributed by atoms with E-state index < -0.39 is 0 Å². The second-order valence-corrected chi connectivity index (χ2v) is 4.47. The smallest absolute Gasteiger partial charge is 0.0995 e. The molecule has 0 fully saturated rings. The van der Waals surface area contributed by atoms with E-state index in [9.17, 15) is 0 Å². The number of pyridine rings is 4. The van der Waals surface area contributed by atoms with Crippen LogP contribution in [0.2, 0.25) is 0 Å². The maximum atomic E-state index is 4.46. The molecule has 0 spiro atoms. The lowest BCUT2D eigenvalue weighted by Gasteiger charge is -2.05. The van der Waals surface area contributed by atoms with E-state index in [1.54, 1.807) is 24.8 Å². The molecule has 0 saturated carbocycles. The number of rotatable bonds is 1. The van der Waals surface area contributed by atoms with Crippen molar-refractivity contribution in [2.45, 2.75) is 0 Å². The molecule has 0 N–H and O–H groups in total. The molecule has 0 aromatic carbocycles. The molecule has 0 saturated heterocycles. The van der Waals surface area contributed by atoms with Crippen molar-refractivity contribution < 1.29 is 0 Å². The summed E-state index contributed by atoms with van der Waals surface area (Å²) in [4.78, 5) is 17.0. The van der Waals surface area contributed by atoms with Crippen LogP contribution in [0.25, 0.3) is 32.9 Å². The molecule has 4 heterocycles. The SMILES string of the molecule is [c]1nc(-c2nccc3cnccc23)cc2ccncc12. The molecule has 0 aliphatic rings. The Bertz CT molecular complexity index is 913. The topological polar surface area (TPSA) is 51.6 Å². The molecule has 0 unspecified atom stereocenters. The summed E-state index contributed by atoms with van der Waals surface area (Å²) in [5, 5.41) is 4.04. The van der Waals surface area contributed by atoms with Crippen LogP contribution in [0, 0.1) is 6.20 Å². The van der Waals surface area contributed by atoms with Crippen LogP contribution in [-0.4, -0.2) is 19.9 Å². The summed E-state index contributed by atoms with van der Waals surface area (Å²) in [7, 11) is 0. The van der Waals surface area contributed by atoms with Crippen molar-refractivity contribution in [3.8, 4) is 11.4 Å². The van der Waals surface area contributed by atoms with Crippen molar-refractivity contribution in [3.05, 3.63) is 61.4 Å². The third-order valence-electron chi connectivity index (χ3n) is 3.25. The van der Waals surface area contributed by atoms with Gasteiger partial charge in [-0.3, -0.25) is 15.0 Å². The number of hydrogen-bond acceptors (Lipinski definition) is 4. The molecule has 4 aromatic rings. The highest BCUT2D eigenvalue weighted by Crippen LogP contribution is 2.26. The molecule has 0 bridgehead atoms. The van der Waals surface area contributed by atoms with Crippen molar-refractivity contribution in [3.63, 3.8) is 0 Å². The van der Waals surface area contributed by atoms with E-state index in [0.717, 1.165) is 32.9 Å². The normalized spacial score (nSPS) is 11.0. The predicted molar refractivity (Wildman–Crippen MR) is 76.9 cm³/mol. The lowest BCUT2D eigenvalue weighted by Crippen LogP contribution is -1.90. The van der Waals surface area contributed by atoms with Gasteiger partial charge >= 0.3 is 0 Å². The summed E-state index contributed by atoms with van der Waals surface area (Å²) in [6, 6.07) is 7.86. The predicted octanol–water partition coefficient (Wildman–Crippen LogP) is 3.04. The van der Waals surface area contributed by atoms with Crippen molar-refractivity contribution in [2.24, 2.45) is 0 Å². The van der Waals surface area contributed by atoms with Crippen LogP contribution in [0.5, 0.6) is 0 Å². The van der Waals surface area contributed by atoms with Crippen LogP contribution in [0.3, 0.4) is 0 Å². The average molecular weight is 257 g/mol. The van der Waals surface area contributed by atoms with Crippen molar-refractivity contribution in [2.75, 3.05) is 0 Å². The molecule has 93 valence electrons. The second-order valence-electron chi connectivity index (χ2n) is 4.47. The summed E-state index contributed by atoms with van der Waals surface area (Å²) in [5.41, 5.74) is 1.65. The Morgan fingerprint density at radius 3 is 2.70 bits per heavy atom. The van der Waals surface area contributed by atoms with Crippen LogP contribution >= 0.6 is 0 Å². The molecule has 1 radical (unpaired) electrons. The monoisotopic (exact) mass is 257 g/mol. The Balaban J connectivity index is 2.01. The molecule has 4 aromatic heterocycles. The van der Waals surface area contributed by atoms with Gasteiger partial charge in [0.05, 0.1) is 17.6 Å². The summed E-state index contributed by atoms with van der Waals surface area (Å²) in [6.07, 6.45) is 11.9. The van der Waals surface area contributed by atoms with Gasteiger partial charge in [-0.25, -0.2) is 4.98 Å². The first-order valence-corrected chi connectivity index (χ1v) is 6.23. The maximum Gasteiger partial charge on any atom is 0.0995 e. The van der Waals surface area contributed by atoms with E-state index >= 15 is 0 Å². The van der Waals surface area contributed by atoms with Crippen molar-refractivity contribution in [1.82, 2.24) is 19.9 Å². The Kier molecular flexibility index (Phi) is 2.39. The first-order valence-electron chi connectivity index (χ1n) is 6.23. The quantitative estimate of drug-likeness (QED) is 0.526. The second kappa shape index (κ2) is 4.35. The summed E-state index contributed by atoms with van der Waals surface area (Å²) >= 11 is 0. The zero-order valence-electron chi connectivity index (χ0n) is 10.5. The van der Waals surface area contributed by atoms with Gasteiger partial charge in [0.25, 0.3) is 0 Å². The van der Waals surface area contributed by atoms with Crippen molar-refractivity contribution in [1.29, 1.82) is 0 Å². The van der Waals surface area contributed by atoms with E-state index in [0.29, 0.717) is 0 Å². The zero-order chi connectivity index (χ0) is 13.4. The van der Waals surface area contributed by atoms with Gasteiger partial charge in [-0.2, -0.15) is 0 Å². The Labute approximate surface area is 115 Å². The van der Waals surface area contributed by atoms with Gasteiger partial charge < -0.3 is 0 Å². The van der Waals surface area contributed by atoms with Gasteiger partial charge in [-0.05, 0) is 29.7 Å². The third kappa shape index (κ3) is 1.70. The molecule has 20 heavy (non-hydrogen) atoms. The number of fused-ring (bicyclic) bond motifs is 2. The zero-order valence-corrected chi connectivity index (χ0v) is 10.5. The van der Waals surface area contributed by atoms with Gasteiger partial charge in [-0.1, -0.05) is 0 Å². The summed E-state index contributed by atoms with van der Waals surface area (Å²) in [6.45, 7) is 0. The van der Waals surface area contributed by atoms with E-state index in [1.165, 1.54) is 0 Å². The van der Waals surface area contributed by atoms with Crippen molar-refractivity contribution >= 4 is 21.5 Å². The van der Waals surface area contributed by atoms with Gasteiger partial charge in [0.15, 0.2) is 0 Å². The van der Waals surface area contributed by atoms with Gasteiger partial charge in [-0.15, -0.1) is 0 Å². The standard InChI is InChI=1S/C16H9N4/c1-4-17-9-13-10-20-15(7-11(1)13)16-14-3-5-18-8-12(14)2-6-19-16/h1-9H. The lowest BCUT2D eigenvalue weighted by molar-refractivity contribution is 1.26. The van der Waals surface area contributed by atoms with Gasteiger partial charge in [0.1, 0.15) is 0 Å². The molecule has 4 heteroatoms. The highest BCUT2D eigenvalue weighted by Gasteiger charge is 2.07. The minimum absolute atomic E-state index is 0.806. The highest BCUT2D eigenvalue weighted by molar-refractivity contribution is 5.94. The summed E-state index contributed by atoms with van der Waals surface area (Å²) < 4.78 is 0.